The molecule has 2 aliphatic heterocycles. The van der Waals surface area contributed by atoms with Gasteiger partial charge in [0.2, 0.25) is 0 Å². The van der Waals surface area contributed by atoms with Crippen molar-refractivity contribution >= 4 is 11.7 Å². The molecule has 4 rings (SSSR count). The number of aryl methyl sites for hydroxylation is 2. The van der Waals surface area contributed by atoms with Gasteiger partial charge in [-0.05, 0) is 37.7 Å². The summed E-state index contributed by atoms with van der Waals surface area (Å²) in [5.74, 6) is 0.567. The van der Waals surface area contributed by atoms with Gasteiger partial charge in [-0.1, -0.05) is 30.3 Å². The van der Waals surface area contributed by atoms with Crippen LogP contribution in [0.25, 0.3) is 0 Å². The number of hydrogen-bond donors (Lipinski definition) is 1. The summed E-state index contributed by atoms with van der Waals surface area (Å²) in [5, 5.41) is 7.39. The summed E-state index contributed by atoms with van der Waals surface area (Å²) < 4.78 is 7.94. The number of benzene rings is 1. The van der Waals surface area contributed by atoms with Gasteiger partial charge in [-0.25, -0.2) is 0 Å². The summed E-state index contributed by atoms with van der Waals surface area (Å²) in [6, 6.07) is 12.1. The molecule has 1 aromatic heterocycles. The molecule has 0 spiro atoms. The SMILES string of the molecule is O=C(Nc1cc2n(n1)CCCC2)[C@H]1CC[C@@H](c2ccccc2)O1. The van der Waals surface area contributed by atoms with E-state index in [1.165, 1.54) is 12.1 Å². The smallest absolute Gasteiger partial charge is 0.254 e. The second-order valence-electron chi connectivity index (χ2n) is 6.29. The predicted molar refractivity (Wildman–Crippen MR) is 87.1 cm³/mol. The highest BCUT2D eigenvalue weighted by atomic mass is 16.5. The first-order valence-corrected chi connectivity index (χ1v) is 8.37. The number of nitrogens with zero attached hydrogens (tertiary/aromatic N) is 2. The Morgan fingerprint density at radius 2 is 2.09 bits per heavy atom. The van der Waals surface area contributed by atoms with Crippen molar-refractivity contribution < 1.29 is 9.53 Å². The molecule has 2 aliphatic rings. The highest BCUT2D eigenvalue weighted by Gasteiger charge is 2.32. The number of amides is 1. The lowest BCUT2D eigenvalue weighted by Gasteiger charge is -2.13. The van der Waals surface area contributed by atoms with Crippen LogP contribution in [0.4, 0.5) is 5.82 Å². The zero-order valence-electron chi connectivity index (χ0n) is 13.1. The highest BCUT2D eigenvalue weighted by molar-refractivity contribution is 5.93. The maximum Gasteiger partial charge on any atom is 0.254 e. The van der Waals surface area contributed by atoms with Crippen LogP contribution in [0.5, 0.6) is 0 Å². The van der Waals surface area contributed by atoms with Crippen LogP contribution in [-0.4, -0.2) is 21.8 Å². The highest BCUT2D eigenvalue weighted by Crippen LogP contribution is 2.33. The molecule has 0 unspecified atom stereocenters. The van der Waals surface area contributed by atoms with Gasteiger partial charge in [0, 0.05) is 18.3 Å². The average Bonchev–Trinajstić information content (AvgIpc) is 3.22. The lowest BCUT2D eigenvalue weighted by atomic mass is 10.1. The Balaban J connectivity index is 1.39. The largest absolute Gasteiger partial charge is 0.360 e. The average molecular weight is 311 g/mol. The van der Waals surface area contributed by atoms with E-state index >= 15 is 0 Å². The molecule has 23 heavy (non-hydrogen) atoms. The molecule has 1 fully saturated rings. The Hall–Kier alpha value is -2.14. The topological polar surface area (TPSA) is 56.2 Å². The molecule has 0 radical (unpaired) electrons. The molecule has 0 bridgehead atoms. The molecule has 5 nitrogen and oxygen atoms in total. The molecule has 5 heteroatoms. The van der Waals surface area contributed by atoms with Gasteiger partial charge in [-0.15, -0.1) is 0 Å². The minimum Gasteiger partial charge on any atom is -0.360 e. The molecular formula is C18H21N3O2. The number of fused-ring (bicyclic) bond motifs is 1. The van der Waals surface area contributed by atoms with Crippen LogP contribution in [0, 0.1) is 0 Å². The number of carbonyl (C=O) groups excluding carboxylic acids is 1. The van der Waals surface area contributed by atoms with E-state index in [1.54, 1.807) is 0 Å². The van der Waals surface area contributed by atoms with E-state index in [2.05, 4.69) is 10.4 Å². The maximum absolute atomic E-state index is 12.4. The van der Waals surface area contributed by atoms with Crippen molar-refractivity contribution in [1.29, 1.82) is 0 Å². The third-order valence-electron chi connectivity index (χ3n) is 4.65. The van der Waals surface area contributed by atoms with Gasteiger partial charge < -0.3 is 10.1 Å². The molecule has 1 aromatic carbocycles. The van der Waals surface area contributed by atoms with E-state index in [4.69, 9.17) is 4.74 Å². The van der Waals surface area contributed by atoms with Gasteiger partial charge in [0.05, 0.1) is 6.10 Å². The summed E-state index contributed by atoms with van der Waals surface area (Å²) >= 11 is 0. The second kappa shape index (κ2) is 6.16. The van der Waals surface area contributed by atoms with E-state index in [0.717, 1.165) is 37.8 Å². The Bertz CT molecular complexity index is 672. The van der Waals surface area contributed by atoms with Crippen LogP contribution in [0.3, 0.4) is 0 Å². The molecule has 0 aliphatic carbocycles. The van der Waals surface area contributed by atoms with Crippen molar-refractivity contribution in [2.24, 2.45) is 0 Å². The lowest BCUT2D eigenvalue weighted by Crippen LogP contribution is -2.27. The van der Waals surface area contributed by atoms with E-state index in [9.17, 15) is 4.79 Å². The molecular weight excluding hydrogens is 290 g/mol. The Kier molecular flexibility index (Phi) is 3.87. The third kappa shape index (κ3) is 3.01. The zero-order chi connectivity index (χ0) is 15.6. The molecule has 2 atom stereocenters. The predicted octanol–water partition coefficient (Wildman–Crippen LogP) is 3.08. The number of aromatic nitrogens is 2. The fourth-order valence-corrected chi connectivity index (χ4v) is 3.43. The fraction of sp³-hybridized carbons (Fsp3) is 0.444. The van der Waals surface area contributed by atoms with Crippen molar-refractivity contribution in [2.45, 2.75) is 50.9 Å². The normalized spacial score (nSPS) is 23.5. The summed E-state index contributed by atoms with van der Waals surface area (Å²) in [7, 11) is 0. The number of carbonyl (C=O) groups is 1. The molecule has 3 heterocycles. The van der Waals surface area contributed by atoms with Crippen molar-refractivity contribution in [2.75, 3.05) is 5.32 Å². The van der Waals surface area contributed by atoms with Crippen molar-refractivity contribution in [3.8, 4) is 0 Å². The number of rotatable bonds is 3. The van der Waals surface area contributed by atoms with Gasteiger partial charge in [-0.3, -0.25) is 9.48 Å². The molecule has 1 amide bonds. The minimum atomic E-state index is -0.390. The first kappa shape index (κ1) is 14.5. The Morgan fingerprint density at radius 1 is 1.22 bits per heavy atom. The number of ether oxygens (including phenoxy) is 1. The maximum atomic E-state index is 12.4. The second-order valence-corrected chi connectivity index (χ2v) is 6.29. The van der Waals surface area contributed by atoms with Gasteiger partial charge in [0.1, 0.15) is 6.10 Å². The van der Waals surface area contributed by atoms with Crippen LogP contribution in [0.15, 0.2) is 36.4 Å². The van der Waals surface area contributed by atoms with E-state index in [1.807, 2.05) is 41.1 Å². The molecule has 0 saturated carbocycles. The van der Waals surface area contributed by atoms with Crippen LogP contribution < -0.4 is 5.32 Å². The van der Waals surface area contributed by atoms with Crippen molar-refractivity contribution in [1.82, 2.24) is 9.78 Å². The van der Waals surface area contributed by atoms with Gasteiger partial charge >= 0.3 is 0 Å². The first-order valence-electron chi connectivity index (χ1n) is 8.37. The summed E-state index contributed by atoms with van der Waals surface area (Å²) in [6.45, 7) is 0.946. The first-order chi connectivity index (χ1) is 11.3. The van der Waals surface area contributed by atoms with Gasteiger partial charge in [0.25, 0.3) is 5.91 Å². The molecule has 1 N–H and O–H groups in total. The summed E-state index contributed by atoms with van der Waals surface area (Å²) in [4.78, 5) is 12.4. The van der Waals surface area contributed by atoms with E-state index in [-0.39, 0.29) is 18.1 Å². The Morgan fingerprint density at radius 3 is 2.91 bits per heavy atom. The molecule has 120 valence electrons. The number of anilines is 1. The zero-order valence-corrected chi connectivity index (χ0v) is 13.1. The quantitative estimate of drug-likeness (QED) is 0.947. The van der Waals surface area contributed by atoms with Crippen LogP contribution in [0.2, 0.25) is 0 Å². The summed E-state index contributed by atoms with van der Waals surface area (Å²) in [5.41, 5.74) is 2.35. The summed E-state index contributed by atoms with van der Waals surface area (Å²) in [6.07, 6.45) is 4.65. The standard InChI is InChI=1S/C18H21N3O2/c22-18(19-17-12-14-8-4-5-11-21(14)20-17)16-10-9-15(23-16)13-6-2-1-3-7-13/h1-3,6-7,12,15-16H,4-5,8-11H2,(H,19,20,22)/t15-,16+/m0/s1. The van der Waals surface area contributed by atoms with Crippen LogP contribution in [-0.2, 0) is 22.5 Å². The fourth-order valence-electron chi connectivity index (χ4n) is 3.43. The molecule has 2 aromatic rings. The Labute approximate surface area is 135 Å². The van der Waals surface area contributed by atoms with Crippen molar-refractivity contribution in [3.05, 3.63) is 47.7 Å². The minimum absolute atomic E-state index is 0.0159. The number of nitrogens with one attached hydrogen (secondary N) is 1. The van der Waals surface area contributed by atoms with Crippen molar-refractivity contribution in [3.63, 3.8) is 0 Å². The lowest BCUT2D eigenvalue weighted by molar-refractivity contribution is -0.126. The third-order valence-corrected chi connectivity index (χ3v) is 4.65. The van der Waals surface area contributed by atoms with Crippen LogP contribution in [0.1, 0.15) is 43.0 Å². The van der Waals surface area contributed by atoms with E-state index < -0.39 is 0 Å². The van der Waals surface area contributed by atoms with E-state index in [0.29, 0.717) is 5.82 Å². The van der Waals surface area contributed by atoms with Crippen LogP contribution >= 0.6 is 0 Å². The monoisotopic (exact) mass is 311 g/mol. The number of hydrogen-bond acceptors (Lipinski definition) is 3. The molecule has 1 saturated heterocycles. The van der Waals surface area contributed by atoms with Gasteiger partial charge in [0.15, 0.2) is 5.82 Å². The van der Waals surface area contributed by atoms with Gasteiger partial charge in [-0.2, -0.15) is 5.10 Å².